The summed E-state index contributed by atoms with van der Waals surface area (Å²) in [7, 11) is -3.75. The van der Waals surface area contributed by atoms with Crippen LogP contribution in [-0.2, 0) is 14.8 Å². The van der Waals surface area contributed by atoms with E-state index in [1.54, 1.807) is 24.3 Å². The Morgan fingerprint density at radius 1 is 1.21 bits per heavy atom. The third-order valence-electron chi connectivity index (χ3n) is 4.14. The molecule has 0 aliphatic heterocycles. The van der Waals surface area contributed by atoms with E-state index in [1.165, 1.54) is 4.31 Å². The van der Waals surface area contributed by atoms with Gasteiger partial charge in [0.2, 0.25) is 15.9 Å². The topological polar surface area (TPSA) is 86.7 Å². The van der Waals surface area contributed by atoms with Crippen molar-refractivity contribution in [3.8, 4) is 0 Å². The second kappa shape index (κ2) is 8.94. The molecule has 134 valence electrons. The summed E-state index contributed by atoms with van der Waals surface area (Å²) in [6.45, 7) is -0.270. The maximum atomic E-state index is 13.0. The molecule has 0 aromatic heterocycles. The van der Waals surface area contributed by atoms with Crippen LogP contribution in [0.3, 0.4) is 0 Å². The number of hydrogen-bond donors (Lipinski definition) is 2. The van der Waals surface area contributed by atoms with E-state index >= 15 is 0 Å². The number of rotatable bonds is 7. The Balaban J connectivity index is 2.25. The number of halogens is 1. The molecular weight excluding hydrogens is 396 g/mol. The van der Waals surface area contributed by atoms with Gasteiger partial charge in [0.1, 0.15) is 0 Å². The van der Waals surface area contributed by atoms with E-state index < -0.39 is 15.9 Å². The van der Waals surface area contributed by atoms with Crippen molar-refractivity contribution in [2.45, 2.75) is 43.0 Å². The summed E-state index contributed by atoms with van der Waals surface area (Å²) in [6.07, 6.45) is 4.57. The lowest BCUT2D eigenvalue weighted by molar-refractivity contribution is -0.121. The van der Waals surface area contributed by atoms with Gasteiger partial charge in [-0.05, 0) is 37.1 Å². The molecule has 1 aliphatic carbocycles. The summed E-state index contributed by atoms with van der Waals surface area (Å²) in [5.74, 6) is -0.393. The summed E-state index contributed by atoms with van der Waals surface area (Å²) in [5, 5.41) is 11.3. The molecule has 1 aromatic carbocycles. The predicted molar refractivity (Wildman–Crippen MR) is 95.0 cm³/mol. The minimum atomic E-state index is -3.75. The highest BCUT2D eigenvalue weighted by Crippen LogP contribution is 2.28. The maximum absolute atomic E-state index is 13.0. The lowest BCUT2D eigenvalue weighted by atomic mass is 9.95. The Kier molecular flexibility index (Phi) is 7.21. The number of nitrogens with one attached hydrogen (secondary N) is 1. The van der Waals surface area contributed by atoms with Gasteiger partial charge in [-0.25, -0.2) is 8.42 Å². The summed E-state index contributed by atoms with van der Waals surface area (Å²) in [5.41, 5.74) is 0. The van der Waals surface area contributed by atoms with Crippen LogP contribution in [0, 0.1) is 0 Å². The van der Waals surface area contributed by atoms with Crippen molar-refractivity contribution in [2.75, 3.05) is 19.7 Å². The lowest BCUT2D eigenvalue weighted by Crippen LogP contribution is -2.47. The Labute approximate surface area is 151 Å². The van der Waals surface area contributed by atoms with E-state index in [9.17, 15) is 13.2 Å². The van der Waals surface area contributed by atoms with Gasteiger partial charge in [0.25, 0.3) is 0 Å². The quantitative estimate of drug-likeness (QED) is 0.707. The third-order valence-corrected chi connectivity index (χ3v) is 6.58. The van der Waals surface area contributed by atoms with Crippen molar-refractivity contribution < 1.29 is 18.3 Å². The fourth-order valence-electron chi connectivity index (χ4n) is 2.91. The number of amides is 1. The van der Waals surface area contributed by atoms with E-state index in [0.29, 0.717) is 0 Å². The molecule has 24 heavy (non-hydrogen) atoms. The summed E-state index contributed by atoms with van der Waals surface area (Å²) in [6, 6.07) is 6.28. The number of hydrogen-bond acceptors (Lipinski definition) is 4. The SMILES string of the molecule is O=C(CN(C1CCCCC1)S(=O)(=O)c1ccc(Br)cc1)NCCO. The Hall–Kier alpha value is -0.960. The van der Waals surface area contributed by atoms with Crippen molar-refractivity contribution in [1.82, 2.24) is 9.62 Å². The first-order chi connectivity index (χ1) is 11.4. The molecule has 0 unspecified atom stereocenters. The first kappa shape index (κ1) is 19.4. The average Bonchev–Trinajstić information content (AvgIpc) is 2.59. The first-order valence-electron chi connectivity index (χ1n) is 8.10. The number of carbonyl (C=O) groups is 1. The van der Waals surface area contributed by atoms with Crippen LogP contribution in [0.15, 0.2) is 33.6 Å². The summed E-state index contributed by atoms with van der Waals surface area (Å²) >= 11 is 3.30. The zero-order valence-electron chi connectivity index (χ0n) is 13.4. The molecule has 0 atom stereocenters. The summed E-state index contributed by atoms with van der Waals surface area (Å²) in [4.78, 5) is 12.2. The van der Waals surface area contributed by atoms with Gasteiger partial charge >= 0.3 is 0 Å². The van der Waals surface area contributed by atoms with E-state index in [4.69, 9.17) is 5.11 Å². The third kappa shape index (κ3) is 5.02. The van der Waals surface area contributed by atoms with Gasteiger partial charge in [-0.15, -0.1) is 0 Å². The number of nitrogens with zero attached hydrogens (tertiary/aromatic N) is 1. The molecule has 2 N–H and O–H groups in total. The highest BCUT2D eigenvalue weighted by Gasteiger charge is 2.33. The van der Waals surface area contributed by atoms with Gasteiger partial charge in [0.15, 0.2) is 0 Å². The largest absolute Gasteiger partial charge is 0.395 e. The molecule has 1 amide bonds. The van der Waals surface area contributed by atoms with Crippen molar-refractivity contribution in [2.24, 2.45) is 0 Å². The number of benzene rings is 1. The Bertz CT molecular complexity index is 643. The van der Waals surface area contributed by atoms with Gasteiger partial charge in [-0.3, -0.25) is 4.79 Å². The Morgan fingerprint density at radius 2 is 1.83 bits per heavy atom. The zero-order chi connectivity index (χ0) is 17.6. The molecule has 0 spiro atoms. The van der Waals surface area contributed by atoms with Crippen LogP contribution in [-0.4, -0.2) is 49.5 Å². The minimum Gasteiger partial charge on any atom is -0.395 e. The van der Waals surface area contributed by atoms with Crippen molar-refractivity contribution >= 4 is 31.9 Å². The first-order valence-corrected chi connectivity index (χ1v) is 10.3. The monoisotopic (exact) mass is 418 g/mol. The number of carbonyl (C=O) groups excluding carboxylic acids is 1. The van der Waals surface area contributed by atoms with E-state index in [1.807, 2.05) is 0 Å². The van der Waals surface area contributed by atoms with Gasteiger partial charge in [-0.2, -0.15) is 4.31 Å². The number of aliphatic hydroxyl groups is 1. The van der Waals surface area contributed by atoms with Gasteiger partial charge in [-0.1, -0.05) is 35.2 Å². The van der Waals surface area contributed by atoms with Gasteiger partial charge in [0, 0.05) is 17.1 Å². The fourth-order valence-corrected chi connectivity index (χ4v) is 4.82. The normalized spacial score (nSPS) is 16.3. The second-order valence-electron chi connectivity index (χ2n) is 5.87. The molecule has 1 saturated carbocycles. The highest BCUT2D eigenvalue weighted by atomic mass is 79.9. The van der Waals surface area contributed by atoms with E-state index in [0.717, 1.165) is 36.6 Å². The number of aliphatic hydroxyl groups excluding tert-OH is 1. The molecule has 6 nitrogen and oxygen atoms in total. The van der Waals surface area contributed by atoms with Gasteiger partial charge < -0.3 is 10.4 Å². The smallest absolute Gasteiger partial charge is 0.243 e. The van der Waals surface area contributed by atoms with Crippen LogP contribution < -0.4 is 5.32 Å². The van der Waals surface area contributed by atoms with Crippen LogP contribution in [0.2, 0.25) is 0 Å². The predicted octanol–water partition coefficient (Wildman–Crippen LogP) is 1.88. The van der Waals surface area contributed by atoms with Gasteiger partial charge in [0.05, 0.1) is 18.0 Å². The van der Waals surface area contributed by atoms with Crippen LogP contribution in [0.1, 0.15) is 32.1 Å². The molecule has 0 heterocycles. The van der Waals surface area contributed by atoms with Crippen LogP contribution in [0.25, 0.3) is 0 Å². The molecule has 1 fully saturated rings. The van der Waals surface area contributed by atoms with Crippen LogP contribution >= 0.6 is 15.9 Å². The van der Waals surface area contributed by atoms with E-state index in [-0.39, 0.29) is 30.6 Å². The maximum Gasteiger partial charge on any atom is 0.243 e. The Morgan fingerprint density at radius 3 is 2.42 bits per heavy atom. The average molecular weight is 419 g/mol. The van der Waals surface area contributed by atoms with Crippen molar-refractivity contribution in [3.63, 3.8) is 0 Å². The molecule has 2 rings (SSSR count). The standard InChI is InChI=1S/C16H23BrN2O4S/c17-13-6-8-15(9-7-13)24(22,23)19(12-16(21)18-10-11-20)14-4-2-1-3-5-14/h6-9,14,20H,1-5,10-12H2,(H,18,21). The highest BCUT2D eigenvalue weighted by molar-refractivity contribution is 9.10. The molecule has 8 heteroatoms. The molecular formula is C16H23BrN2O4S. The van der Waals surface area contributed by atoms with E-state index in [2.05, 4.69) is 21.2 Å². The van der Waals surface area contributed by atoms with Crippen LogP contribution in [0.5, 0.6) is 0 Å². The summed E-state index contributed by atoms with van der Waals surface area (Å²) < 4.78 is 28.2. The molecule has 0 radical (unpaired) electrons. The van der Waals surface area contributed by atoms with Crippen molar-refractivity contribution in [3.05, 3.63) is 28.7 Å². The van der Waals surface area contributed by atoms with Crippen LogP contribution in [0.4, 0.5) is 0 Å². The molecule has 0 bridgehead atoms. The molecule has 1 aliphatic rings. The number of sulfonamides is 1. The fraction of sp³-hybridized carbons (Fsp3) is 0.562. The molecule has 1 aromatic rings. The zero-order valence-corrected chi connectivity index (χ0v) is 15.9. The second-order valence-corrected chi connectivity index (χ2v) is 8.68. The minimum absolute atomic E-state index is 0.121. The van der Waals surface area contributed by atoms with Crippen molar-refractivity contribution in [1.29, 1.82) is 0 Å². The molecule has 0 saturated heterocycles. The lowest BCUT2D eigenvalue weighted by Gasteiger charge is -2.33.